The second kappa shape index (κ2) is 8.42. The fourth-order valence-corrected chi connectivity index (χ4v) is 4.74. The molecular weight excluding hydrogens is 466 g/mol. The number of anilines is 1. The molecule has 0 spiro atoms. The van der Waals surface area contributed by atoms with Crippen molar-refractivity contribution in [2.24, 2.45) is 5.41 Å². The van der Waals surface area contributed by atoms with E-state index in [2.05, 4.69) is 91.8 Å². The molecule has 0 fully saturated rings. The van der Waals surface area contributed by atoms with Crippen molar-refractivity contribution in [3.05, 3.63) is 78.2 Å². The zero-order valence-electron chi connectivity index (χ0n) is 20.3. The third-order valence-corrected chi connectivity index (χ3v) is 6.96. The number of pyridine rings is 3. The van der Waals surface area contributed by atoms with Crippen LogP contribution in [0.3, 0.4) is 0 Å². The monoisotopic (exact) mass is 491 g/mol. The third-order valence-electron chi connectivity index (χ3n) is 6.28. The lowest BCUT2D eigenvalue weighted by Gasteiger charge is -2.23. The number of nitrogens with one attached hydrogen (secondary N) is 3. The molecule has 0 atom stereocenters. The number of fused-ring (bicyclic) bond motifs is 2. The van der Waals surface area contributed by atoms with Crippen LogP contribution in [0.15, 0.2) is 78.2 Å². The van der Waals surface area contributed by atoms with Gasteiger partial charge in [-0.1, -0.05) is 27.4 Å². The number of nitrogens with zero attached hydrogens (tertiary/aromatic N) is 4. The Balaban J connectivity index is 1.40. The number of rotatable bonds is 5. The van der Waals surface area contributed by atoms with Crippen LogP contribution in [-0.4, -0.2) is 30.1 Å². The van der Waals surface area contributed by atoms with E-state index in [0.717, 1.165) is 67.1 Å². The van der Waals surface area contributed by atoms with E-state index in [-0.39, 0.29) is 5.41 Å². The van der Waals surface area contributed by atoms with E-state index in [1.165, 1.54) is 0 Å². The van der Waals surface area contributed by atoms with Gasteiger partial charge in [0.05, 0.1) is 40.7 Å². The molecule has 0 amide bonds. The highest BCUT2D eigenvalue weighted by molar-refractivity contribution is 7.08. The highest BCUT2D eigenvalue weighted by Crippen LogP contribution is 2.34. The number of allylic oxidation sites excluding steroid dienone is 1. The molecule has 0 aromatic carbocycles. The maximum Gasteiger partial charge on any atom is 0.116 e. The van der Waals surface area contributed by atoms with Crippen molar-refractivity contribution >= 4 is 38.8 Å². The molecule has 0 bridgehead atoms. The van der Waals surface area contributed by atoms with Gasteiger partial charge in [-0.05, 0) is 35.7 Å². The minimum Gasteiger partial charge on any atom is -0.358 e. The van der Waals surface area contributed by atoms with Gasteiger partial charge in [0.1, 0.15) is 5.69 Å². The van der Waals surface area contributed by atoms with E-state index in [1.54, 1.807) is 17.5 Å². The first-order valence-electron chi connectivity index (χ1n) is 11.6. The summed E-state index contributed by atoms with van der Waals surface area (Å²) in [5.74, 6) is 0. The van der Waals surface area contributed by atoms with Crippen LogP contribution < -0.4 is 5.32 Å². The van der Waals surface area contributed by atoms with Crippen LogP contribution >= 0.6 is 11.3 Å². The van der Waals surface area contributed by atoms with Crippen molar-refractivity contribution in [1.82, 2.24) is 30.1 Å². The van der Waals surface area contributed by atoms with E-state index in [1.807, 2.05) is 30.7 Å². The van der Waals surface area contributed by atoms with Crippen molar-refractivity contribution in [3.63, 3.8) is 0 Å². The summed E-state index contributed by atoms with van der Waals surface area (Å²) in [4.78, 5) is 17.2. The largest absolute Gasteiger partial charge is 0.358 e. The third kappa shape index (κ3) is 3.95. The Morgan fingerprint density at radius 1 is 0.944 bits per heavy atom. The Hall–Kier alpha value is -4.30. The number of hydrogen-bond acceptors (Lipinski definition) is 6. The Bertz CT molecular complexity index is 1720. The van der Waals surface area contributed by atoms with Gasteiger partial charge >= 0.3 is 0 Å². The molecule has 0 aliphatic rings. The molecule has 6 aromatic rings. The second-order valence-corrected chi connectivity index (χ2v) is 10.6. The van der Waals surface area contributed by atoms with Crippen molar-refractivity contribution < 1.29 is 0 Å². The van der Waals surface area contributed by atoms with E-state index in [0.29, 0.717) is 0 Å². The standard InChI is InChI=1S/C28H25N7S/c1-16(28(2,3)4)32-19-9-18(12-29-13-19)23-10-21-25(14-31-23)34-35-27(21)24-11-20-22(33-24)5-7-30-26(20)17-6-8-36-15-17/h5-15,32-33H,1H2,2-4H3,(H,34,35). The zero-order valence-corrected chi connectivity index (χ0v) is 21.1. The first-order valence-corrected chi connectivity index (χ1v) is 12.6. The van der Waals surface area contributed by atoms with Gasteiger partial charge in [0.2, 0.25) is 0 Å². The number of aromatic amines is 2. The minimum atomic E-state index is -0.0583. The topological polar surface area (TPSA) is 95.2 Å². The van der Waals surface area contributed by atoms with E-state index >= 15 is 0 Å². The number of hydrogen-bond donors (Lipinski definition) is 3. The number of aromatic nitrogens is 6. The van der Waals surface area contributed by atoms with Crippen LogP contribution in [0.25, 0.3) is 55.7 Å². The van der Waals surface area contributed by atoms with Crippen LogP contribution in [0, 0.1) is 5.41 Å². The Morgan fingerprint density at radius 3 is 2.61 bits per heavy atom. The summed E-state index contributed by atoms with van der Waals surface area (Å²) in [6.45, 7) is 10.5. The zero-order chi connectivity index (χ0) is 24.9. The summed E-state index contributed by atoms with van der Waals surface area (Å²) in [5, 5.41) is 17.3. The maximum atomic E-state index is 4.66. The molecule has 0 aliphatic carbocycles. The van der Waals surface area contributed by atoms with Gasteiger partial charge in [-0.2, -0.15) is 16.4 Å². The predicted molar refractivity (Wildman–Crippen MR) is 148 cm³/mol. The molecule has 0 unspecified atom stereocenters. The summed E-state index contributed by atoms with van der Waals surface area (Å²) < 4.78 is 0. The summed E-state index contributed by atoms with van der Waals surface area (Å²) >= 11 is 1.67. The van der Waals surface area contributed by atoms with Crippen LogP contribution in [0.1, 0.15) is 20.8 Å². The van der Waals surface area contributed by atoms with Gasteiger partial charge in [0.25, 0.3) is 0 Å². The maximum absolute atomic E-state index is 4.66. The molecule has 6 aromatic heterocycles. The Kier molecular flexibility index (Phi) is 5.19. The molecule has 0 radical (unpaired) electrons. The van der Waals surface area contributed by atoms with E-state index < -0.39 is 0 Å². The molecule has 6 rings (SSSR count). The fraction of sp³-hybridized carbons (Fsp3) is 0.143. The van der Waals surface area contributed by atoms with Crippen molar-refractivity contribution in [1.29, 1.82) is 0 Å². The van der Waals surface area contributed by atoms with Crippen LogP contribution in [-0.2, 0) is 0 Å². The average molecular weight is 492 g/mol. The highest BCUT2D eigenvalue weighted by Gasteiger charge is 2.17. The first kappa shape index (κ1) is 22.2. The molecular formula is C28H25N7S. The molecule has 0 aliphatic heterocycles. The van der Waals surface area contributed by atoms with Crippen molar-refractivity contribution in [2.75, 3.05) is 5.32 Å². The highest BCUT2D eigenvalue weighted by atomic mass is 32.1. The summed E-state index contributed by atoms with van der Waals surface area (Å²) in [6, 6.07) is 10.3. The molecule has 0 saturated carbocycles. The number of H-pyrrole nitrogens is 2. The molecule has 0 saturated heterocycles. The first-order chi connectivity index (χ1) is 17.4. The Labute approximate surface area is 212 Å². The van der Waals surface area contributed by atoms with Gasteiger partial charge in [-0.25, -0.2) is 0 Å². The van der Waals surface area contributed by atoms with E-state index in [4.69, 9.17) is 0 Å². The molecule has 7 nitrogen and oxygen atoms in total. The summed E-state index contributed by atoms with van der Waals surface area (Å²) in [5.41, 5.74) is 9.21. The smallest absolute Gasteiger partial charge is 0.116 e. The number of thiophene rings is 1. The molecule has 36 heavy (non-hydrogen) atoms. The summed E-state index contributed by atoms with van der Waals surface area (Å²) in [7, 11) is 0. The average Bonchev–Trinajstić information content (AvgIpc) is 3.62. The van der Waals surface area contributed by atoms with Gasteiger partial charge in [-0.3, -0.25) is 20.1 Å². The minimum absolute atomic E-state index is 0.0583. The fourth-order valence-electron chi connectivity index (χ4n) is 4.10. The van der Waals surface area contributed by atoms with Crippen LogP contribution in [0.2, 0.25) is 0 Å². The summed E-state index contributed by atoms with van der Waals surface area (Å²) in [6.07, 6.45) is 7.27. The van der Waals surface area contributed by atoms with Crippen molar-refractivity contribution in [2.45, 2.75) is 20.8 Å². The van der Waals surface area contributed by atoms with E-state index in [9.17, 15) is 0 Å². The second-order valence-electron chi connectivity index (χ2n) is 9.82. The lowest BCUT2D eigenvalue weighted by Crippen LogP contribution is -2.15. The molecule has 3 N–H and O–H groups in total. The van der Waals surface area contributed by atoms with Crippen LogP contribution in [0.5, 0.6) is 0 Å². The van der Waals surface area contributed by atoms with Crippen molar-refractivity contribution in [3.8, 4) is 33.9 Å². The predicted octanol–water partition coefficient (Wildman–Crippen LogP) is 7.26. The normalized spacial score (nSPS) is 11.9. The van der Waals surface area contributed by atoms with Crippen LogP contribution in [0.4, 0.5) is 5.69 Å². The van der Waals surface area contributed by atoms with Gasteiger partial charge in [0.15, 0.2) is 0 Å². The SMILES string of the molecule is C=C(Nc1cncc(-c2cc3c(-c4cc5c(-c6ccsc6)nccc5[nH]4)n[nH]c3cn2)c1)C(C)(C)C. The lowest BCUT2D eigenvalue weighted by atomic mass is 9.93. The van der Waals surface area contributed by atoms with Gasteiger partial charge < -0.3 is 10.3 Å². The lowest BCUT2D eigenvalue weighted by molar-refractivity contribution is 0.509. The molecule has 6 heterocycles. The van der Waals surface area contributed by atoms with Gasteiger partial charge in [-0.15, -0.1) is 0 Å². The molecule has 178 valence electrons. The Morgan fingerprint density at radius 2 is 1.81 bits per heavy atom. The van der Waals surface area contributed by atoms with Gasteiger partial charge in [0, 0.05) is 56.3 Å². The quantitative estimate of drug-likeness (QED) is 0.236. The molecule has 8 heteroatoms.